The fraction of sp³-hybridized carbons (Fsp3) is 0.158. The number of hydrogen-bond acceptors (Lipinski definition) is 5. The minimum absolute atomic E-state index is 0.0305. The Morgan fingerprint density at radius 3 is 2.62 bits per heavy atom. The Morgan fingerprint density at radius 2 is 2.04 bits per heavy atom. The number of methoxy groups -OCH3 is 1. The van der Waals surface area contributed by atoms with Crippen LogP contribution < -0.4 is 14.8 Å². The first kappa shape index (κ1) is 19.3. The topological polar surface area (TPSA) is 91.6 Å². The van der Waals surface area contributed by atoms with Gasteiger partial charge in [0.1, 0.15) is 17.4 Å². The van der Waals surface area contributed by atoms with Crippen LogP contribution in [-0.4, -0.2) is 24.7 Å². The highest BCUT2D eigenvalue weighted by Crippen LogP contribution is 2.33. The Bertz CT molecular complexity index is 870. The molecule has 2 aromatic carbocycles. The molecule has 7 heteroatoms. The number of phenols is 1. The molecule has 2 N–H and O–H groups in total. The van der Waals surface area contributed by atoms with Crippen molar-refractivity contribution in [3.63, 3.8) is 0 Å². The van der Waals surface area contributed by atoms with Gasteiger partial charge in [0.05, 0.1) is 13.7 Å². The number of rotatable bonds is 6. The third-order valence-corrected chi connectivity index (χ3v) is 4.08. The highest BCUT2D eigenvalue weighted by molar-refractivity contribution is 9.10. The number of phenolic OH excluding ortho intramolecular Hbond substituents is 1. The SMILES string of the molecule is CCOc1cc(/C=C(\C#N)C(=O)Nc2ccc(OC)cc2)c(Br)cc1O. The van der Waals surface area contributed by atoms with Crippen LogP contribution in [0.1, 0.15) is 12.5 Å². The van der Waals surface area contributed by atoms with Crippen LogP contribution in [-0.2, 0) is 4.79 Å². The van der Waals surface area contributed by atoms with Gasteiger partial charge in [-0.25, -0.2) is 0 Å². The Labute approximate surface area is 159 Å². The molecule has 0 atom stereocenters. The average molecular weight is 417 g/mol. The zero-order valence-corrected chi connectivity index (χ0v) is 15.8. The first-order chi connectivity index (χ1) is 12.5. The van der Waals surface area contributed by atoms with Crippen LogP contribution in [0.3, 0.4) is 0 Å². The summed E-state index contributed by atoms with van der Waals surface area (Å²) < 4.78 is 10.9. The molecule has 0 bridgehead atoms. The molecule has 6 nitrogen and oxygen atoms in total. The standard InChI is InChI=1S/C19H17BrN2O4/c1-3-26-18-9-12(16(20)10-17(18)23)8-13(11-21)19(24)22-14-4-6-15(25-2)7-5-14/h4-10,23H,3H2,1-2H3,(H,22,24)/b13-8+. The van der Waals surface area contributed by atoms with Crippen molar-refractivity contribution in [2.24, 2.45) is 0 Å². The molecule has 0 aliphatic rings. The van der Waals surface area contributed by atoms with Gasteiger partial charge in [0, 0.05) is 10.2 Å². The summed E-state index contributed by atoms with van der Waals surface area (Å²) in [6, 6.07) is 11.7. The smallest absolute Gasteiger partial charge is 0.266 e. The zero-order valence-electron chi connectivity index (χ0n) is 14.2. The molecule has 0 radical (unpaired) electrons. The van der Waals surface area contributed by atoms with Crippen molar-refractivity contribution in [3.8, 4) is 23.3 Å². The predicted molar refractivity (Wildman–Crippen MR) is 102 cm³/mol. The van der Waals surface area contributed by atoms with E-state index < -0.39 is 5.91 Å². The number of nitriles is 1. The number of benzene rings is 2. The minimum atomic E-state index is -0.546. The van der Waals surface area contributed by atoms with Gasteiger partial charge < -0.3 is 19.9 Å². The van der Waals surface area contributed by atoms with Gasteiger partial charge in [0.2, 0.25) is 0 Å². The Morgan fingerprint density at radius 1 is 1.35 bits per heavy atom. The van der Waals surface area contributed by atoms with Crippen LogP contribution in [0.25, 0.3) is 6.08 Å². The molecule has 1 amide bonds. The number of carbonyl (C=O) groups is 1. The number of carbonyl (C=O) groups excluding carboxylic acids is 1. The van der Waals surface area contributed by atoms with Gasteiger partial charge in [-0.1, -0.05) is 15.9 Å². The maximum atomic E-state index is 12.4. The summed E-state index contributed by atoms with van der Waals surface area (Å²) in [5.74, 6) is 0.359. The maximum absolute atomic E-state index is 12.4. The molecule has 0 spiro atoms. The van der Waals surface area contributed by atoms with Crippen LogP contribution in [0, 0.1) is 11.3 Å². The van der Waals surface area contributed by atoms with Crippen LogP contribution in [0.15, 0.2) is 46.4 Å². The highest BCUT2D eigenvalue weighted by Gasteiger charge is 2.13. The molecule has 0 heterocycles. The van der Waals surface area contributed by atoms with E-state index >= 15 is 0 Å². The molecule has 2 rings (SSSR count). The third kappa shape index (κ3) is 4.77. The molecule has 0 saturated carbocycles. The summed E-state index contributed by atoms with van der Waals surface area (Å²) >= 11 is 3.31. The van der Waals surface area contributed by atoms with Crippen LogP contribution >= 0.6 is 15.9 Å². The number of amides is 1. The maximum Gasteiger partial charge on any atom is 0.266 e. The van der Waals surface area contributed by atoms with E-state index in [0.29, 0.717) is 28.1 Å². The van der Waals surface area contributed by atoms with Crippen molar-refractivity contribution in [3.05, 3.63) is 52.0 Å². The van der Waals surface area contributed by atoms with Gasteiger partial charge in [-0.3, -0.25) is 4.79 Å². The number of anilines is 1. The lowest BCUT2D eigenvalue weighted by Crippen LogP contribution is -2.13. The number of halogens is 1. The number of aromatic hydroxyl groups is 1. The molecule has 0 saturated heterocycles. The zero-order chi connectivity index (χ0) is 19.1. The first-order valence-electron chi connectivity index (χ1n) is 7.71. The van der Waals surface area contributed by atoms with Crippen molar-refractivity contribution in [1.82, 2.24) is 0 Å². The summed E-state index contributed by atoms with van der Waals surface area (Å²) in [7, 11) is 1.55. The van der Waals surface area contributed by atoms with E-state index in [1.54, 1.807) is 44.4 Å². The fourth-order valence-electron chi connectivity index (χ4n) is 2.12. The van der Waals surface area contributed by atoms with Crippen molar-refractivity contribution in [2.75, 3.05) is 19.0 Å². The minimum Gasteiger partial charge on any atom is -0.504 e. The highest BCUT2D eigenvalue weighted by atomic mass is 79.9. The molecule has 0 aromatic heterocycles. The molecule has 0 fully saturated rings. The quantitative estimate of drug-likeness (QED) is 0.545. The molecular weight excluding hydrogens is 400 g/mol. The van der Waals surface area contributed by atoms with Gasteiger partial charge in [-0.15, -0.1) is 0 Å². The van der Waals surface area contributed by atoms with E-state index in [2.05, 4.69) is 21.2 Å². The van der Waals surface area contributed by atoms with Crippen molar-refractivity contribution in [2.45, 2.75) is 6.92 Å². The lowest BCUT2D eigenvalue weighted by molar-refractivity contribution is -0.112. The Balaban J connectivity index is 2.27. The normalized spacial score (nSPS) is 10.8. The molecule has 0 aliphatic heterocycles. The van der Waals surface area contributed by atoms with Crippen LogP contribution in [0.2, 0.25) is 0 Å². The van der Waals surface area contributed by atoms with Gasteiger partial charge in [0.15, 0.2) is 11.5 Å². The molecule has 2 aromatic rings. The molecule has 134 valence electrons. The average Bonchev–Trinajstić information content (AvgIpc) is 2.63. The first-order valence-corrected chi connectivity index (χ1v) is 8.50. The van der Waals surface area contributed by atoms with Gasteiger partial charge >= 0.3 is 0 Å². The summed E-state index contributed by atoms with van der Waals surface area (Å²) in [5.41, 5.74) is 0.985. The van der Waals surface area contributed by atoms with E-state index in [9.17, 15) is 15.2 Å². The van der Waals surface area contributed by atoms with E-state index in [1.807, 2.05) is 6.07 Å². The second-order valence-electron chi connectivity index (χ2n) is 5.13. The number of ether oxygens (including phenoxy) is 2. The molecule has 26 heavy (non-hydrogen) atoms. The monoisotopic (exact) mass is 416 g/mol. The number of hydrogen-bond donors (Lipinski definition) is 2. The van der Waals surface area contributed by atoms with Gasteiger partial charge in [-0.05, 0) is 55.0 Å². The largest absolute Gasteiger partial charge is 0.504 e. The molecular formula is C19H17BrN2O4. The Kier molecular flexibility index (Phi) is 6.64. The molecule has 0 aliphatic carbocycles. The van der Waals surface area contributed by atoms with Crippen molar-refractivity contribution >= 4 is 33.6 Å². The van der Waals surface area contributed by atoms with Gasteiger partial charge in [0.25, 0.3) is 5.91 Å². The van der Waals surface area contributed by atoms with Crippen LogP contribution in [0.4, 0.5) is 5.69 Å². The summed E-state index contributed by atoms with van der Waals surface area (Å²) in [6.07, 6.45) is 1.42. The fourth-order valence-corrected chi connectivity index (χ4v) is 2.56. The third-order valence-electron chi connectivity index (χ3n) is 3.39. The van der Waals surface area contributed by atoms with Gasteiger partial charge in [-0.2, -0.15) is 5.26 Å². The summed E-state index contributed by atoms with van der Waals surface area (Å²) in [6.45, 7) is 2.17. The second kappa shape index (κ2) is 8.92. The van der Waals surface area contributed by atoms with E-state index in [4.69, 9.17) is 9.47 Å². The van der Waals surface area contributed by atoms with Crippen molar-refractivity contribution < 1.29 is 19.4 Å². The van der Waals surface area contributed by atoms with E-state index in [1.165, 1.54) is 12.1 Å². The second-order valence-corrected chi connectivity index (χ2v) is 5.98. The van der Waals surface area contributed by atoms with E-state index in [0.717, 1.165) is 0 Å². The van der Waals surface area contributed by atoms with Crippen molar-refractivity contribution in [1.29, 1.82) is 5.26 Å². The number of nitrogens with zero attached hydrogens (tertiary/aromatic N) is 1. The summed E-state index contributed by atoms with van der Waals surface area (Å²) in [5, 5.41) is 21.8. The van der Waals surface area contributed by atoms with Crippen LogP contribution in [0.5, 0.6) is 17.2 Å². The lowest BCUT2D eigenvalue weighted by atomic mass is 10.1. The summed E-state index contributed by atoms with van der Waals surface area (Å²) in [4.78, 5) is 12.4. The lowest BCUT2D eigenvalue weighted by Gasteiger charge is -2.09. The Hall–Kier alpha value is -2.98. The number of nitrogens with one attached hydrogen (secondary N) is 1. The molecule has 0 unspecified atom stereocenters. The predicted octanol–water partition coefficient (Wildman–Crippen LogP) is 4.11. The van der Waals surface area contributed by atoms with E-state index in [-0.39, 0.29) is 17.1 Å².